The number of anilines is 1. The molecule has 3 rings (SSSR count). The van der Waals surface area contributed by atoms with Gasteiger partial charge in [0, 0.05) is 31.5 Å². The molecule has 2 aromatic rings. The fraction of sp³-hybridized carbons (Fsp3) is 0.474. The minimum atomic E-state index is -3.68. The highest BCUT2D eigenvalue weighted by Crippen LogP contribution is 2.24. The van der Waals surface area contributed by atoms with E-state index in [2.05, 4.69) is 10.3 Å². The van der Waals surface area contributed by atoms with Crippen molar-refractivity contribution >= 4 is 21.6 Å². The Kier molecular flexibility index (Phi) is 5.67. The average Bonchev–Trinajstić information content (AvgIpc) is 3.11. The van der Waals surface area contributed by atoms with Crippen molar-refractivity contribution in [3.05, 3.63) is 41.9 Å². The quantitative estimate of drug-likeness (QED) is 0.850. The zero-order valence-electron chi connectivity index (χ0n) is 16.0. The highest BCUT2D eigenvalue weighted by molar-refractivity contribution is 7.89. The van der Waals surface area contributed by atoms with E-state index in [9.17, 15) is 13.2 Å². The molecule has 1 N–H and O–H groups in total. The molecule has 0 aliphatic carbocycles. The maximum atomic E-state index is 12.9. The van der Waals surface area contributed by atoms with Crippen LogP contribution in [-0.4, -0.2) is 41.3 Å². The van der Waals surface area contributed by atoms with Crippen LogP contribution in [0, 0.1) is 19.8 Å². The molecule has 7 nitrogen and oxygen atoms in total. The van der Waals surface area contributed by atoms with Crippen LogP contribution in [0.2, 0.25) is 0 Å². The molecule has 146 valence electrons. The molecule has 1 aromatic heterocycles. The molecule has 0 spiro atoms. The van der Waals surface area contributed by atoms with Crippen LogP contribution in [-0.2, 0) is 21.4 Å². The summed E-state index contributed by atoms with van der Waals surface area (Å²) >= 11 is 0. The van der Waals surface area contributed by atoms with Crippen molar-refractivity contribution in [2.24, 2.45) is 5.92 Å². The molecule has 1 atom stereocenters. The van der Waals surface area contributed by atoms with Gasteiger partial charge in [-0.15, -0.1) is 0 Å². The zero-order chi connectivity index (χ0) is 19.6. The molecule has 27 heavy (non-hydrogen) atoms. The SMILES string of the molecule is CCn1cnc(S(=O)(=O)N2CCC[C@H](C(=O)Nc3cc(C)cc(C)c3)C2)c1. The first kappa shape index (κ1) is 19.6. The lowest BCUT2D eigenvalue weighted by atomic mass is 9.98. The van der Waals surface area contributed by atoms with Crippen LogP contribution in [0.15, 0.2) is 35.7 Å². The Morgan fingerprint density at radius 2 is 1.96 bits per heavy atom. The molecule has 1 aromatic carbocycles. The Morgan fingerprint density at radius 3 is 2.59 bits per heavy atom. The van der Waals surface area contributed by atoms with Gasteiger partial charge in [0.05, 0.1) is 12.2 Å². The molecule has 0 radical (unpaired) electrons. The fourth-order valence-electron chi connectivity index (χ4n) is 3.44. The monoisotopic (exact) mass is 390 g/mol. The van der Waals surface area contributed by atoms with Crippen LogP contribution in [0.3, 0.4) is 0 Å². The highest BCUT2D eigenvalue weighted by atomic mass is 32.2. The second-order valence-electron chi connectivity index (χ2n) is 7.11. The van der Waals surface area contributed by atoms with Crippen LogP contribution in [0.1, 0.15) is 30.9 Å². The van der Waals surface area contributed by atoms with Gasteiger partial charge in [0.25, 0.3) is 10.0 Å². The molecule has 1 amide bonds. The first-order chi connectivity index (χ1) is 12.8. The smallest absolute Gasteiger partial charge is 0.262 e. The number of imidazole rings is 1. The van der Waals surface area contributed by atoms with Gasteiger partial charge in [-0.3, -0.25) is 4.79 Å². The van der Waals surface area contributed by atoms with Crippen molar-refractivity contribution < 1.29 is 13.2 Å². The Labute approximate surface area is 160 Å². The Morgan fingerprint density at radius 1 is 1.26 bits per heavy atom. The molecule has 1 aliphatic heterocycles. The molecule has 0 saturated carbocycles. The second kappa shape index (κ2) is 7.82. The zero-order valence-corrected chi connectivity index (χ0v) is 16.8. The van der Waals surface area contributed by atoms with E-state index >= 15 is 0 Å². The van der Waals surface area contributed by atoms with Gasteiger partial charge in [-0.05, 0) is 56.9 Å². The first-order valence-electron chi connectivity index (χ1n) is 9.20. The van der Waals surface area contributed by atoms with E-state index < -0.39 is 10.0 Å². The molecular formula is C19H26N4O3S. The number of amides is 1. The number of carbonyl (C=O) groups is 1. The lowest BCUT2D eigenvalue weighted by Crippen LogP contribution is -2.43. The van der Waals surface area contributed by atoms with Gasteiger partial charge in [0.2, 0.25) is 5.91 Å². The molecule has 8 heteroatoms. The standard InChI is InChI=1S/C19H26N4O3S/c1-4-22-12-18(20-13-22)27(25,26)23-7-5-6-16(11-23)19(24)21-17-9-14(2)8-15(3)10-17/h8-10,12-13,16H,4-7,11H2,1-3H3,(H,21,24)/t16-/m0/s1. The summed E-state index contributed by atoms with van der Waals surface area (Å²) in [4.78, 5) is 16.7. The van der Waals surface area contributed by atoms with E-state index in [1.165, 1.54) is 16.8 Å². The Bertz CT molecular complexity index is 916. The van der Waals surface area contributed by atoms with E-state index in [-0.39, 0.29) is 23.4 Å². The Balaban J connectivity index is 1.72. The minimum absolute atomic E-state index is 0.0414. The average molecular weight is 391 g/mol. The number of aryl methyl sites for hydroxylation is 3. The summed E-state index contributed by atoms with van der Waals surface area (Å²) < 4.78 is 28.8. The molecule has 1 fully saturated rings. The summed E-state index contributed by atoms with van der Waals surface area (Å²) in [6.45, 7) is 7.13. The van der Waals surface area contributed by atoms with Gasteiger partial charge in [0.15, 0.2) is 5.03 Å². The van der Waals surface area contributed by atoms with Gasteiger partial charge >= 0.3 is 0 Å². The molecule has 2 heterocycles. The van der Waals surface area contributed by atoms with E-state index in [1.54, 1.807) is 4.57 Å². The van der Waals surface area contributed by atoms with Gasteiger partial charge < -0.3 is 9.88 Å². The summed E-state index contributed by atoms with van der Waals surface area (Å²) in [5.41, 5.74) is 2.90. The number of carbonyl (C=O) groups excluding carboxylic acids is 1. The highest BCUT2D eigenvalue weighted by Gasteiger charge is 2.34. The molecule has 0 bridgehead atoms. The topological polar surface area (TPSA) is 84.3 Å². The summed E-state index contributed by atoms with van der Waals surface area (Å²) in [5, 5.41) is 2.98. The number of hydrogen-bond acceptors (Lipinski definition) is 4. The van der Waals surface area contributed by atoms with Crippen molar-refractivity contribution in [3.8, 4) is 0 Å². The number of hydrogen-bond donors (Lipinski definition) is 1. The van der Waals surface area contributed by atoms with Crippen LogP contribution in [0.4, 0.5) is 5.69 Å². The number of aromatic nitrogens is 2. The van der Waals surface area contributed by atoms with E-state index in [4.69, 9.17) is 0 Å². The number of rotatable bonds is 5. The predicted molar refractivity (Wildman–Crippen MR) is 104 cm³/mol. The molecule has 1 saturated heterocycles. The van der Waals surface area contributed by atoms with Crippen molar-refractivity contribution in [3.63, 3.8) is 0 Å². The first-order valence-corrected chi connectivity index (χ1v) is 10.6. The van der Waals surface area contributed by atoms with Crippen molar-refractivity contribution in [1.29, 1.82) is 0 Å². The van der Waals surface area contributed by atoms with E-state index in [0.29, 0.717) is 25.9 Å². The Hall–Kier alpha value is -2.19. The largest absolute Gasteiger partial charge is 0.336 e. The number of sulfonamides is 1. The van der Waals surface area contributed by atoms with E-state index in [1.807, 2.05) is 39.0 Å². The predicted octanol–water partition coefficient (Wildman–Crippen LogP) is 2.56. The summed E-state index contributed by atoms with van der Waals surface area (Å²) in [5.74, 6) is -0.512. The number of piperidine rings is 1. The summed E-state index contributed by atoms with van der Waals surface area (Å²) in [6.07, 6.45) is 4.38. The minimum Gasteiger partial charge on any atom is -0.336 e. The third-order valence-corrected chi connectivity index (χ3v) is 6.57. The summed E-state index contributed by atoms with van der Waals surface area (Å²) in [6, 6.07) is 5.87. The van der Waals surface area contributed by atoms with Gasteiger partial charge in [-0.2, -0.15) is 4.31 Å². The van der Waals surface area contributed by atoms with Crippen molar-refractivity contribution in [2.45, 2.75) is 45.2 Å². The third-order valence-electron chi connectivity index (χ3n) is 4.82. The maximum Gasteiger partial charge on any atom is 0.262 e. The number of nitrogens with one attached hydrogen (secondary N) is 1. The van der Waals surface area contributed by atoms with Gasteiger partial charge in [-0.25, -0.2) is 13.4 Å². The van der Waals surface area contributed by atoms with Gasteiger partial charge in [-0.1, -0.05) is 6.07 Å². The lowest BCUT2D eigenvalue weighted by molar-refractivity contribution is -0.120. The number of nitrogens with zero attached hydrogens (tertiary/aromatic N) is 3. The van der Waals surface area contributed by atoms with Crippen LogP contribution in [0.5, 0.6) is 0 Å². The molecular weight excluding hydrogens is 364 g/mol. The van der Waals surface area contributed by atoms with Crippen molar-refractivity contribution in [1.82, 2.24) is 13.9 Å². The summed E-state index contributed by atoms with van der Waals surface area (Å²) in [7, 11) is -3.68. The fourth-order valence-corrected chi connectivity index (χ4v) is 4.90. The van der Waals surface area contributed by atoms with Gasteiger partial charge in [0.1, 0.15) is 0 Å². The molecule has 0 unspecified atom stereocenters. The normalized spacial score (nSPS) is 18.4. The van der Waals surface area contributed by atoms with Crippen LogP contribution >= 0.6 is 0 Å². The molecule has 1 aliphatic rings. The second-order valence-corrected chi connectivity index (χ2v) is 9.00. The number of benzene rings is 1. The van der Waals surface area contributed by atoms with Crippen LogP contribution < -0.4 is 5.32 Å². The lowest BCUT2D eigenvalue weighted by Gasteiger charge is -2.30. The third kappa shape index (κ3) is 4.39. The van der Waals surface area contributed by atoms with Crippen LogP contribution in [0.25, 0.3) is 0 Å². The maximum absolute atomic E-state index is 12.9. The van der Waals surface area contributed by atoms with Crippen molar-refractivity contribution in [2.75, 3.05) is 18.4 Å². The van der Waals surface area contributed by atoms with E-state index in [0.717, 1.165) is 16.8 Å².